The smallest absolute Gasteiger partial charge is 0.273 e. The Morgan fingerprint density at radius 1 is 1.31 bits per heavy atom. The van der Waals surface area contributed by atoms with Crippen LogP contribution in [0.3, 0.4) is 0 Å². The third-order valence-corrected chi connectivity index (χ3v) is 4.63. The van der Waals surface area contributed by atoms with Gasteiger partial charge in [-0.05, 0) is 67.7 Å². The van der Waals surface area contributed by atoms with Crippen LogP contribution in [0.5, 0.6) is 0 Å². The molecule has 154 valence electrons. The third-order valence-electron chi connectivity index (χ3n) is 4.63. The number of hydrogen-bond donors (Lipinski definition) is 2. The van der Waals surface area contributed by atoms with Crippen LogP contribution in [0.15, 0.2) is 36.5 Å². The molecule has 0 unspecified atom stereocenters. The van der Waals surface area contributed by atoms with Gasteiger partial charge in [-0.3, -0.25) is 10.2 Å². The quantitative estimate of drug-likeness (QED) is 0.520. The van der Waals surface area contributed by atoms with Crippen molar-refractivity contribution in [2.75, 3.05) is 5.17 Å². The van der Waals surface area contributed by atoms with Crippen LogP contribution in [0, 0.1) is 18.3 Å². The predicted octanol–water partition coefficient (Wildman–Crippen LogP) is 5.06. The van der Waals surface area contributed by atoms with Crippen molar-refractivity contribution in [2.45, 2.75) is 46.3 Å². The highest BCUT2D eigenvalue weighted by atomic mass is 19.4. The molecular weight excluding hydrogens is 381 g/mol. The van der Waals surface area contributed by atoms with Crippen molar-refractivity contribution >= 4 is 16.8 Å². The van der Waals surface area contributed by atoms with Gasteiger partial charge in [0.1, 0.15) is 12.1 Å². The highest BCUT2D eigenvalue weighted by Gasteiger charge is 2.37. The van der Waals surface area contributed by atoms with Gasteiger partial charge in [0.2, 0.25) is 0 Å². The summed E-state index contributed by atoms with van der Waals surface area (Å²) in [6.07, 6.45) is -2.00. The standard InChI is InChI=1S/C21H23F3N4O/c1-5-17-10-19(13(2)12-26-17)20(11-25)14(3)16-6-8-18(9-7-16)28(29)27-15(4)21(22,23)24/h6-10,12,15,27,29H,5H2,1-4H3/b20-14+/t15-/m0/s1. The lowest BCUT2D eigenvalue weighted by molar-refractivity contribution is -0.155. The average molecular weight is 404 g/mol. The first-order valence-electron chi connectivity index (χ1n) is 9.07. The number of hydrazine groups is 1. The van der Waals surface area contributed by atoms with E-state index in [9.17, 15) is 23.6 Å². The Labute approximate surface area is 168 Å². The summed E-state index contributed by atoms with van der Waals surface area (Å²) in [6, 6.07) is 8.45. The third kappa shape index (κ3) is 5.34. The molecule has 1 aromatic carbocycles. The summed E-state index contributed by atoms with van der Waals surface area (Å²) in [7, 11) is 0. The van der Waals surface area contributed by atoms with Gasteiger partial charge in [0.05, 0.1) is 11.3 Å². The average Bonchev–Trinajstić information content (AvgIpc) is 2.69. The minimum atomic E-state index is -4.48. The summed E-state index contributed by atoms with van der Waals surface area (Å²) in [5.41, 5.74) is 6.59. The Kier molecular flexibility index (Phi) is 7.01. The number of aromatic nitrogens is 1. The van der Waals surface area contributed by atoms with Crippen LogP contribution in [0.4, 0.5) is 18.9 Å². The number of aryl methyl sites for hydroxylation is 2. The Balaban J connectivity index is 2.33. The Morgan fingerprint density at radius 3 is 2.45 bits per heavy atom. The Bertz CT molecular complexity index is 930. The molecule has 0 saturated carbocycles. The maximum Gasteiger partial charge on any atom is 0.405 e. The van der Waals surface area contributed by atoms with Gasteiger partial charge in [-0.2, -0.15) is 29.0 Å². The molecular formula is C21H23F3N4O. The second-order valence-electron chi connectivity index (χ2n) is 6.71. The highest BCUT2D eigenvalue weighted by molar-refractivity contribution is 5.97. The van der Waals surface area contributed by atoms with E-state index >= 15 is 0 Å². The molecule has 0 bridgehead atoms. The van der Waals surface area contributed by atoms with E-state index < -0.39 is 12.2 Å². The normalized spacial score (nSPS) is 13.5. The lowest BCUT2D eigenvalue weighted by atomic mass is 9.94. The molecule has 0 fully saturated rings. The van der Waals surface area contributed by atoms with Crippen molar-refractivity contribution in [3.05, 3.63) is 58.9 Å². The van der Waals surface area contributed by atoms with E-state index in [1.165, 1.54) is 12.1 Å². The number of hydrogen-bond acceptors (Lipinski definition) is 5. The topological polar surface area (TPSA) is 72.2 Å². The van der Waals surface area contributed by atoms with Crippen LogP contribution in [0.1, 0.15) is 43.2 Å². The molecule has 0 radical (unpaired) electrons. The fourth-order valence-corrected chi connectivity index (χ4v) is 2.70. The molecule has 0 aliphatic carbocycles. The molecule has 5 nitrogen and oxygen atoms in total. The summed E-state index contributed by atoms with van der Waals surface area (Å²) in [5.74, 6) is 0. The van der Waals surface area contributed by atoms with Crippen molar-refractivity contribution in [3.63, 3.8) is 0 Å². The summed E-state index contributed by atoms with van der Waals surface area (Å²) < 4.78 is 37.9. The number of nitriles is 1. The zero-order chi connectivity index (χ0) is 21.8. The lowest BCUT2D eigenvalue weighted by Crippen LogP contribution is -2.48. The molecule has 1 atom stereocenters. The molecule has 0 amide bonds. The van der Waals surface area contributed by atoms with Crippen LogP contribution >= 0.6 is 0 Å². The first-order valence-corrected chi connectivity index (χ1v) is 9.07. The van der Waals surface area contributed by atoms with Gasteiger partial charge < -0.3 is 0 Å². The van der Waals surface area contributed by atoms with Crippen LogP contribution in [-0.2, 0) is 6.42 Å². The number of rotatable bonds is 6. The van der Waals surface area contributed by atoms with Gasteiger partial charge in [0.15, 0.2) is 0 Å². The second-order valence-corrected chi connectivity index (χ2v) is 6.71. The Morgan fingerprint density at radius 2 is 1.93 bits per heavy atom. The zero-order valence-electron chi connectivity index (χ0n) is 16.7. The Hall–Kier alpha value is -2.89. The molecule has 29 heavy (non-hydrogen) atoms. The number of allylic oxidation sites excluding steroid dienone is 2. The molecule has 0 aliphatic rings. The molecule has 0 spiro atoms. The molecule has 2 N–H and O–H groups in total. The van der Waals surface area contributed by atoms with Crippen molar-refractivity contribution in [2.24, 2.45) is 0 Å². The van der Waals surface area contributed by atoms with E-state index in [0.29, 0.717) is 10.7 Å². The van der Waals surface area contributed by atoms with Crippen molar-refractivity contribution in [1.29, 1.82) is 5.26 Å². The van der Waals surface area contributed by atoms with Crippen molar-refractivity contribution in [1.82, 2.24) is 10.4 Å². The number of alkyl halides is 3. The molecule has 1 aromatic heterocycles. The molecule has 8 heteroatoms. The molecule has 0 saturated heterocycles. The molecule has 0 aliphatic heterocycles. The van der Waals surface area contributed by atoms with Gasteiger partial charge in [0.25, 0.3) is 0 Å². The lowest BCUT2D eigenvalue weighted by Gasteiger charge is -2.24. The summed E-state index contributed by atoms with van der Waals surface area (Å²) in [6.45, 7) is 6.58. The minimum absolute atomic E-state index is 0.143. The van der Waals surface area contributed by atoms with E-state index in [4.69, 9.17) is 0 Å². The van der Waals surface area contributed by atoms with Gasteiger partial charge in [0, 0.05) is 11.9 Å². The first-order chi connectivity index (χ1) is 13.6. The van der Waals surface area contributed by atoms with Gasteiger partial charge in [-0.25, -0.2) is 0 Å². The zero-order valence-corrected chi connectivity index (χ0v) is 16.7. The molecule has 2 rings (SSSR count). The largest absolute Gasteiger partial charge is 0.405 e. The van der Waals surface area contributed by atoms with Crippen molar-refractivity contribution in [3.8, 4) is 6.07 Å². The number of nitrogens with one attached hydrogen (secondary N) is 1. The number of nitrogens with zero attached hydrogens (tertiary/aromatic N) is 3. The van der Waals surface area contributed by atoms with Gasteiger partial charge in [-0.1, -0.05) is 19.1 Å². The van der Waals surface area contributed by atoms with Gasteiger partial charge >= 0.3 is 6.18 Å². The van der Waals surface area contributed by atoms with E-state index in [1.807, 2.05) is 25.3 Å². The monoisotopic (exact) mass is 404 g/mol. The fraction of sp³-hybridized carbons (Fsp3) is 0.333. The SMILES string of the molecule is CCc1cc(/C(C#N)=C(\C)c2ccc(N(O)N[C@@H](C)C(F)(F)F)cc2)c(C)cn1. The maximum atomic E-state index is 12.6. The van der Waals surface area contributed by atoms with E-state index in [0.717, 1.165) is 41.3 Å². The maximum absolute atomic E-state index is 12.6. The van der Waals surface area contributed by atoms with Crippen LogP contribution < -0.4 is 10.6 Å². The van der Waals surface area contributed by atoms with Gasteiger partial charge in [-0.15, -0.1) is 0 Å². The van der Waals surface area contributed by atoms with E-state index in [-0.39, 0.29) is 5.69 Å². The summed E-state index contributed by atoms with van der Waals surface area (Å²) >= 11 is 0. The van der Waals surface area contributed by atoms with E-state index in [2.05, 4.69) is 11.1 Å². The number of anilines is 1. The summed E-state index contributed by atoms with van der Waals surface area (Å²) in [5, 5.41) is 19.9. The molecule has 2 aromatic rings. The first kappa shape index (κ1) is 22.4. The van der Waals surface area contributed by atoms with Crippen LogP contribution in [0.2, 0.25) is 0 Å². The van der Waals surface area contributed by atoms with Crippen LogP contribution in [-0.4, -0.2) is 22.4 Å². The fourth-order valence-electron chi connectivity index (χ4n) is 2.70. The minimum Gasteiger partial charge on any atom is -0.273 e. The second kappa shape index (κ2) is 9.07. The number of pyridine rings is 1. The van der Waals surface area contributed by atoms with E-state index in [1.54, 1.807) is 25.3 Å². The van der Waals surface area contributed by atoms with Crippen molar-refractivity contribution < 1.29 is 18.4 Å². The van der Waals surface area contributed by atoms with Crippen LogP contribution in [0.25, 0.3) is 11.1 Å². The number of benzene rings is 1. The number of halogens is 3. The predicted molar refractivity (Wildman–Crippen MR) is 106 cm³/mol. The summed E-state index contributed by atoms with van der Waals surface area (Å²) in [4.78, 5) is 4.33. The molecule has 1 heterocycles. The highest BCUT2D eigenvalue weighted by Crippen LogP contribution is 2.29.